The highest BCUT2D eigenvalue weighted by Gasteiger charge is 2.35. The highest BCUT2D eigenvalue weighted by Crippen LogP contribution is 2.27. The van der Waals surface area contributed by atoms with Gasteiger partial charge in [0.25, 0.3) is 0 Å². The third kappa shape index (κ3) is 2.51. The third-order valence-electron chi connectivity index (χ3n) is 4.32. The molecule has 0 radical (unpaired) electrons. The number of aryl methyl sites for hydroxylation is 1. The Morgan fingerprint density at radius 1 is 1.39 bits per heavy atom. The average molecular weight is 247 g/mol. The molecule has 3 nitrogen and oxygen atoms in total. The summed E-state index contributed by atoms with van der Waals surface area (Å²) in [4.78, 5) is 6.83. The number of piperazine rings is 1. The summed E-state index contributed by atoms with van der Waals surface area (Å²) in [5.74, 6) is 0. The fourth-order valence-corrected chi connectivity index (χ4v) is 2.78. The summed E-state index contributed by atoms with van der Waals surface area (Å²) < 4.78 is 0. The number of rotatable bonds is 3. The Kier molecular flexibility index (Phi) is 3.91. The van der Waals surface area contributed by atoms with Crippen molar-refractivity contribution in [3.05, 3.63) is 24.0 Å². The van der Waals surface area contributed by atoms with Crippen LogP contribution in [0.1, 0.15) is 39.2 Å². The highest BCUT2D eigenvalue weighted by molar-refractivity contribution is 5.48. The fraction of sp³-hybridized carbons (Fsp3) is 0.667. The standard InChI is InChI=1S/C15H25N3/c1-5-15(6-2)11-18(13(4)9-17-15)14-7-12(3)8-16-10-14/h7-8,10,13,17H,5-6,9,11H2,1-4H3. The van der Waals surface area contributed by atoms with Gasteiger partial charge in [-0.25, -0.2) is 0 Å². The molecule has 0 spiro atoms. The molecule has 0 amide bonds. The van der Waals surface area contributed by atoms with E-state index in [1.54, 1.807) is 0 Å². The molecule has 1 aromatic heterocycles. The molecule has 3 heteroatoms. The molecule has 2 rings (SSSR count). The van der Waals surface area contributed by atoms with Gasteiger partial charge in [-0.3, -0.25) is 4.98 Å². The van der Waals surface area contributed by atoms with Crippen molar-refractivity contribution >= 4 is 5.69 Å². The molecule has 1 aliphatic heterocycles. The Hall–Kier alpha value is -1.09. The summed E-state index contributed by atoms with van der Waals surface area (Å²) in [6, 6.07) is 2.77. The Morgan fingerprint density at radius 3 is 2.72 bits per heavy atom. The maximum absolute atomic E-state index is 4.33. The van der Waals surface area contributed by atoms with E-state index in [1.807, 2.05) is 12.4 Å². The van der Waals surface area contributed by atoms with Crippen LogP contribution in [-0.4, -0.2) is 29.7 Å². The third-order valence-corrected chi connectivity index (χ3v) is 4.32. The van der Waals surface area contributed by atoms with Crippen molar-refractivity contribution in [1.82, 2.24) is 10.3 Å². The van der Waals surface area contributed by atoms with Crippen LogP contribution in [0.15, 0.2) is 18.5 Å². The van der Waals surface area contributed by atoms with Crippen LogP contribution in [0.3, 0.4) is 0 Å². The number of hydrogen-bond donors (Lipinski definition) is 1. The van der Waals surface area contributed by atoms with Gasteiger partial charge >= 0.3 is 0 Å². The first-order chi connectivity index (χ1) is 8.60. The van der Waals surface area contributed by atoms with Crippen molar-refractivity contribution in [3.8, 4) is 0 Å². The van der Waals surface area contributed by atoms with E-state index < -0.39 is 0 Å². The summed E-state index contributed by atoms with van der Waals surface area (Å²) in [6.45, 7) is 11.1. The molecular formula is C15H25N3. The van der Waals surface area contributed by atoms with E-state index in [9.17, 15) is 0 Å². The summed E-state index contributed by atoms with van der Waals surface area (Å²) in [7, 11) is 0. The molecule has 2 heterocycles. The van der Waals surface area contributed by atoms with Crippen molar-refractivity contribution in [2.75, 3.05) is 18.0 Å². The normalized spacial score (nSPS) is 23.1. The Morgan fingerprint density at radius 2 is 2.11 bits per heavy atom. The van der Waals surface area contributed by atoms with Gasteiger partial charge in [-0.05, 0) is 38.3 Å². The monoisotopic (exact) mass is 247 g/mol. The predicted molar refractivity (Wildman–Crippen MR) is 77.1 cm³/mol. The van der Waals surface area contributed by atoms with E-state index >= 15 is 0 Å². The second-order valence-electron chi connectivity index (χ2n) is 5.57. The largest absolute Gasteiger partial charge is 0.364 e. The zero-order valence-electron chi connectivity index (χ0n) is 12.0. The minimum absolute atomic E-state index is 0.260. The van der Waals surface area contributed by atoms with E-state index in [0.717, 1.165) is 13.1 Å². The number of anilines is 1. The number of hydrogen-bond acceptors (Lipinski definition) is 3. The van der Waals surface area contributed by atoms with Crippen molar-refractivity contribution in [2.45, 2.75) is 52.1 Å². The fourth-order valence-electron chi connectivity index (χ4n) is 2.78. The van der Waals surface area contributed by atoms with Gasteiger partial charge in [0.05, 0.1) is 11.9 Å². The highest BCUT2D eigenvalue weighted by atomic mass is 15.3. The molecule has 0 saturated carbocycles. The lowest BCUT2D eigenvalue weighted by atomic mass is 9.88. The van der Waals surface area contributed by atoms with E-state index in [-0.39, 0.29) is 5.54 Å². The Balaban J connectivity index is 2.25. The minimum atomic E-state index is 0.260. The Bertz CT molecular complexity index is 398. The quantitative estimate of drug-likeness (QED) is 0.890. The van der Waals surface area contributed by atoms with Gasteiger partial charge in [-0.1, -0.05) is 13.8 Å². The van der Waals surface area contributed by atoms with Crippen LogP contribution in [0.2, 0.25) is 0 Å². The number of nitrogens with one attached hydrogen (secondary N) is 1. The molecular weight excluding hydrogens is 222 g/mol. The van der Waals surface area contributed by atoms with Gasteiger partial charge in [0.15, 0.2) is 0 Å². The number of aromatic nitrogens is 1. The number of pyridine rings is 1. The van der Waals surface area contributed by atoms with Gasteiger partial charge in [-0.2, -0.15) is 0 Å². The summed E-state index contributed by atoms with van der Waals surface area (Å²) >= 11 is 0. The average Bonchev–Trinajstić information content (AvgIpc) is 2.40. The summed E-state index contributed by atoms with van der Waals surface area (Å²) in [6.07, 6.45) is 6.26. The first-order valence-corrected chi connectivity index (χ1v) is 7.03. The lowest BCUT2D eigenvalue weighted by molar-refractivity contribution is 0.253. The molecule has 100 valence electrons. The second kappa shape index (κ2) is 5.27. The van der Waals surface area contributed by atoms with Crippen LogP contribution < -0.4 is 10.2 Å². The molecule has 1 fully saturated rings. The van der Waals surface area contributed by atoms with Crippen LogP contribution in [0, 0.1) is 6.92 Å². The molecule has 1 N–H and O–H groups in total. The zero-order valence-corrected chi connectivity index (χ0v) is 12.0. The van der Waals surface area contributed by atoms with Gasteiger partial charge in [0, 0.05) is 30.9 Å². The van der Waals surface area contributed by atoms with E-state index in [1.165, 1.54) is 24.1 Å². The van der Waals surface area contributed by atoms with Crippen molar-refractivity contribution < 1.29 is 0 Å². The molecule has 0 bridgehead atoms. The lowest BCUT2D eigenvalue weighted by Crippen LogP contribution is -2.63. The first-order valence-electron chi connectivity index (χ1n) is 7.03. The van der Waals surface area contributed by atoms with Gasteiger partial charge in [-0.15, -0.1) is 0 Å². The molecule has 0 aromatic carbocycles. The van der Waals surface area contributed by atoms with E-state index in [0.29, 0.717) is 6.04 Å². The van der Waals surface area contributed by atoms with Gasteiger partial charge < -0.3 is 10.2 Å². The molecule has 1 unspecified atom stereocenters. The van der Waals surface area contributed by atoms with Gasteiger partial charge in [0.2, 0.25) is 0 Å². The minimum Gasteiger partial charge on any atom is -0.364 e. The van der Waals surface area contributed by atoms with Crippen LogP contribution in [0.5, 0.6) is 0 Å². The van der Waals surface area contributed by atoms with Crippen LogP contribution in [0.4, 0.5) is 5.69 Å². The van der Waals surface area contributed by atoms with Crippen molar-refractivity contribution in [1.29, 1.82) is 0 Å². The molecule has 1 atom stereocenters. The van der Waals surface area contributed by atoms with Crippen molar-refractivity contribution in [2.24, 2.45) is 0 Å². The maximum atomic E-state index is 4.33. The van der Waals surface area contributed by atoms with E-state index in [4.69, 9.17) is 0 Å². The smallest absolute Gasteiger partial charge is 0.0558 e. The van der Waals surface area contributed by atoms with Crippen LogP contribution >= 0.6 is 0 Å². The first kappa shape index (κ1) is 13.3. The predicted octanol–water partition coefficient (Wildman–Crippen LogP) is 2.75. The Labute approximate surface area is 111 Å². The molecule has 18 heavy (non-hydrogen) atoms. The lowest BCUT2D eigenvalue weighted by Gasteiger charge is -2.47. The van der Waals surface area contributed by atoms with Gasteiger partial charge in [0.1, 0.15) is 0 Å². The SMILES string of the molecule is CCC1(CC)CN(c2cncc(C)c2)C(C)CN1. The number of nitrogens with zero attached hydrogens (tertiary/aromatic N) is 2. The summed E-state index contributed by atoms with van der Waals surface area (Å²) in [5.41, 5.74) is 2.75. The maximum Gasteiger partial charge on any atom is 0.0558 e. The zero-order chi connectivity index (χ0) is 13.2. The molecule has 0 aliphatic carbocycles. The topological polar surface area (TPSA) is 28.2 Å². The molecule has 1 saturated heterocycles. The summed E-state index contributed by atoms with van der Waals surface area (Å²) in [5, 5.41) is 3.73. The van der Waals surface area contributed by atoms with E-state index in [2.05, 4.69) is 49.0 Å². The van der Waals surface area contributed by atoms with Crippen LogP contribution in [-0.2, 0) is 0 Å². The molecule has 1 aromatic rings. The van der Waals surface area contributed by atoms with Crippen molar-refractivity contribution in [3.63, 3.8) is 0 Å². The second-order valence-corrected chi connectivity index (χ2v) is 5.57. The van der Waals surface area contributed by atoms with Crippen LogP contribution in [0.25, 0.3) is 0 Å². The molecule has 1 aliphatic rings.